The molecule has 4 fully saturated rings. The molecule has 2 saturated carbocycles. The number of esters is 4. The highest BCUT2D eigenvalue weighted by Gasteiger charge is 2.90. The molecule has 2 N–H and O–H groups in total. The summed E-state index contributed by atoms with van der Waals surface area (Å²) in [6.45, 7) is 6.99. The lowest BCUT2D eigenvalue weighted by Gasteiger charge is -2.62. The highest BCUT2D eigenvalue weighted by Crippen LogP contribution is 2.74. The number of aliphatic hydroxyl groups is 2. The molecule has 0 amide bonds. The largest absolute Gasteiger partial charge is 0.459 e. The van der Waals surface area contributed by atoms with Gasteiger partial charge in [0.05, 0.1) is 18.1 Å². The molecule has 186 valence electrons. The van der Waals surface area contributed by atoms with E-state index in [1.54, 1.807) is 13.8 Å². The normalized spacial score (nSPS) is 50.7. The van der Waals surface area contributed by atoms with Crippen LogP contribution in [0.5, 0.6) is 0 Å². The van der Waals surface area contributed by atoms with Gasteiger partial charge in [-0.15, -0.1) is 0 Å². The van der Waals surface area contributed by atoms with Crippen LogP contribution in [-0.4, -0.2) is 82.4 Å². The Bertz CT molecular complexity index is 1040. The number of cyclic esters (lactones) is 1. The molecule has 1 spiro atoms. The zero-order chi connectivity index (χ0) is 25.0. The zero-order valence-corrected chi connectivity index (χ0v) is 19.5. The second-order valence-corrected chi connectivity index (χ2v) is 10.5. The Labute approximate surface area is 195 Å². The molecule has 0 aromatic heterocycles. The number of rotatable bonds is 3. The summed E-state index contributed by atoms with van der Waals surface area (Å²) < 4.78 is 28.2. The highest BCUT2D eigenvalue weighted by atomic mass is 16.6. The Morgan fingerprint density at radius 2 is 1.76 bits per heavy atom. The minimum Gasteiger partial charge on any atom is -0.459 e. The van der Waals surface area contributed by atoms with Gasteiger partial charge in [-0.05, 0) is 25.8 Å². The second-order valence-electron chi connectivity index (χ2n) is 10.5. The van der Waals surface area contributed by atoms with E-state index in [0.29, 0.717) is 5.57 Å². The maximum atomic E-state index is 13.1. The summed E-state index contributed by atoms with van der Waals surface area (Å²) >= 11 is 0. The maximum absolute atomic E-state index is 13.1. The molecule has 2 aliphatic carbocycles. The molecule has 5 aliphatic rings. The molecule has 2 bridgehead atoms. The van der Waals surface area contributed by atoms with Crippen LogP contribution in [0.4, 0.5) is 0 Å². The average molecular weight is 480 g/mol. The fourth-order valence-corrected chi connectivity index (χ4v) is 7.72. The molecule has 0 aromatic rings. The van der Waals surface area contributed by atoms with E-state index in [9.17, 15) is 29.4 Å². The van der Waals surface area contributed by atoms with E-state index in [1.807, 2.05) is 0 Å². The predicted octanol–water partition coefficient (Wildman–Crippen LogP) is -0.446. The van der Waals surface area contributed by atoms with Crippen LogP contribution in [0.2, 0.25) is 0 Å². The summed E-state index contributed by atoms with van der Waals surface area (Å²) in [6, 6.07) is 0. The van der Waals surface area contributed by atoms with Crippen LogP contribution in [-0.2, 0) is 42.9 Å². The van der Waals surface area contributed by atoms with Gasteiger partial charge in [-0.2, -0.15) is 0 Å². The molecular weight excluding hydrogens is 452 g/mol. The Balaban J connectivity index is 1.76. The van der Waals surface area contributed by atoms with Gasteiger partial charge in [0.2, 0.25) is 6.10 Å². The molecule has 0 unspecified atom stereocenters. The van der Waals surface area contributed by atoms with Gasteiger partial charge in [-0.1, -0.05) is 6.92 Å². The van der Waals surface area contributed by atoms with Gasteiger partial charge in [0.1, 0.15) is 17.8 Å². The smallest absolute Gasteiger partial charge is 0.350 e. The number of carbonyl (C=O) groups is 4. The lowest BCUT2D eigenvalue weighted by atomic mass is 9.47. The first-order valence-corrected chi connectivity index (χ1v) is 11.2. The summed E-state index contributed by atoms with van der Waals surface area (Å²) in [5, 5.41) is 24.2. The number of ether oxygens (including phenoxy) is 5. The number of aliphatic hydroxyl groups excluding tert-OH is 1. The van der Waals surface area contributed by atoms with Crippen LogP contribution in [0.1, 0.15) is 41.0 Å². The number of carbonyl (C=O) groups excluding carboxylic acids is 4. The molecular formula is C23H28O11. The lowest BCUT2D eigenvalue weighted by Crippen LogP contribution is -2.82. The van der Waals surface area contributed by atoms with E-state index in [4.69, 9.17) is 23.7 Å². The van der Waals surface area contributed by atoms with E-state index >= 15 is 0 Å². The van der Waals surface area contributed by atoms with Crippen LogP contribution in [0, 0.1) is 16.7 Å². The lowest BCUT2D eigenvalue weighted by molar-refractivity contribution is -0.316. The van der Waals surface area contributed by atoms with Crippen molar-refractivity contribution in [2.24, 2.45) is 16.7 Å². The molecule has 3 aliphatic heterocycles. The maximum Gasteiger partial charge on any atom is 0.350 e. The van der Waals surface area contributed by atoms with E-state index in [0.717, 1.165) is 13.8 Å². The minimum atomic E-state index is -2.21. The van der Waals surface area contributed by atoms with Gasteiger partial charge in [0.25, 0.3) is 0 Å². The summed E-state index contributed by atoms with van der Waals surface area (Å²) in [4.78, 5) is 49.2. The minimum absolute atomic E-state index is 0.116. The van der Waals surface area contributed by atoms with Crippen molar-refractivity contribution in [1.82, 2.24) is 0 Å². The van der Waals surface area contributed by atoms with Crippen molar-refractivity contribution >= 4 is 23.9 Å². The highest BCUT2D eigenvalue weighted by molar-refractivity contribution is 5.86. The van der Waals surface area contributed by atoms with Crippen molar-refractivity contribution in [1.29, 1.82) is 0 Å². The quantitative estimate of drug-likeness (QED) is 0.399. The molecule has 11 nitrogen and oxygen atoms in total. The molecule has 3 heterocycles. The van der Waals surface area contributed by atoms with Gasteiger partial charge in [-0.3, -0.25) is 9.59 Å². The predicted molar refractivity (Wildman–Crippen MR) is 109 cm³/mol. The van der Waals surface area contributed by atoms with E-state index in [1.165, 1.54) is 13.0 Å². The second kappa shape index (κ2) is 6.79. The van der Waals surface area contributed by atoms with E-state index in [2.05, 4.69) is 0 Å². The third-order valence-electron chi connectivity index (χ3n) is 8.76. The number of hydrogen-bond acceptors (Lipinski definition) is 11. The first-order chi connectivity index (χ1) is 15.7. The Hall–Kier alpha value is -2.50. The first-order valence-electron chi connectivity index (χ1n) is 11.2. The van der Waals surface area contributed by atoms with Crippen LogP contribution >= 0.6 is 0 Å². The van der Waals surface area contributed by atoms with Gasteiger partial charge >= 0.3 is 23.9 Å². The molecule has 5 rings (SSSR count). The van der Waals surface area contributed by atoms with Crippen molar-refractivity contribution < 1.29 is 53.1 Å². The average Bonchev–Trinajstić information content (AvgIpc) is 3.26. The Kier molecular flexibility index (Phi) is 4.65. The molecule has 2 saturated heterocycles. The molecule has 10 atom stereocenters. The third-order valence-corrected chi connectivity index (χ3v) is 8.76. The van der Waals surface area contributed by atoms with Crippen molar-refractivity contribution in [2.75, 3.05) is 6.61 Å². The summed E-state index contributed by atoms with van der Waals surface area (Å²) in [5.74, 6) is -4.01. The van der Waals surface area contributed by atoms with Gasteiger partial charge in [0, 0.05) is 31.3 Å². The van der Waals surface area contributed by atoms with Gasteiger partial charge < -0.3 is 33.9 Å². The fraction of sp³-hybridized carbons (Fsp3) is 0.739. The molecule has 34 heavy (non-hydrogen) atoms. The first kappa shape index (κ1) is 23.3. The van der Waals surface area contributed by atoms with Gasteiger partial charge in [-0.25, -0.2) is 9.59 Å². The Morgan fingerprint density at radius 3 is 2.32 bits per heavy atom. The van der Waals surface area contributed by atoms with Crippen LogP contribution in [0.25, 0.3) is 0 Å². The monoisotopic (exact) mass is 480 g/mol. The van der Waals surface area contributed by atoms with Crippen molar-refractivity contribution in [3.63, 3.8) is 0 Å². The van der Waals surface area contributed by atoms with Crippen LogP contribution < -0.4 is 0 Å². The summed E-state index contributed by atoms with van der Waals surface area (Å²) in [6.07, 6.45) is -4.86. The molecule has 11 heteroatoms. The molecule has 0 radical (unpaired) electrons. The van der Waals surface area contributed by atoms with Crippen molar-refractivity contribution in [2.45, 2.75) is 82.8 Å². The zero-order valence-electron chi connectivity index (χ0n) is 19.5. The number of hydrogen-bond donors (Lipinski definition) is 2. The standard InChI is InChI=1S/C23H28O11/c1-9-6-13(26)34-16(9)20(4)7-12-22-8-30-21(5,17(31-10(2)24)14(27)15(20)22)23(22,29)18(19(28)33-12)32-11(3)25/h6,12,14-18,27,29H,7-8H2,1-5H3/t12-,14-,15-,16-,17+,18+,20+,21-,22-,23-/m1/s1. The fourth-order valence-electron chi connectivity index (χ4n) is 7.72. The van der Waals surface area contributed by atoms with Crippen LogP contribution in [0.15, 0.2) is 11.6 Å². The Morgan fingerprint density at radius 1 is 1.12 bits per heavy atom. The van der Waals surface area contributed by atoms with E-state index < -0.39 is 82.3 Å². The van der Waals surface area contributed by atoms with Gasteiger partial charge in [0.15, 0.2) is 11.7 Å². The summed E-state index contributed by atoms with van der Waals surface area (Å²) in [5.41, 5.74) is -5.90. The van der Waals surface area contributed by atoms with Crippen molar-refractivity contribution in [3.8, 4) is 0 Å². The SMILES string of the molecule is CC(=O)O[C@H]1C(=O)O[C@@H]2C[C@](C)([C@@H]3OC(=O)C=C3C)[C@H]3[C@@H](O)[C@H](OC(C)=O)[C@@]4(C)OC[C@]32[C@@]14O. The third kappa shape index (κ3) is 2.42. The van der Waals surface area contributed by atoms with Crippen molar-refractivity contribution in [3.05, 3.63) is 11.6 Å². The molecule has 0 aromatic carbocycles. The topological polar surface area (TPSA) is 155 Å². The van der Waals surface area contributed by atoms with E-state index in [-0.39, 0.29) is 13.0 Å². The van der Waals surface area contributed by atoms with Crippen LogP contribution in [0.3, 0.4) is 0 Å². The summed E-state index contributed by atoms with van der Waals surface area (Å²) in [7, 11) is 0.